The Hall–Kier alpha value is -0.920. The zero-order chi connectivity index (χ0) is 13.5. The number of fused-ring (bicyclic) bond motifs is 1. The molecule has 0 aromatic carbocycles. The van der Waals surface area contributed by atoms with Gasteiger partial charge in [-0.05, 0) is 32.1 Å². The van der Waals surface area contributed by atoms with Crippen LogP contribution in [0.5, 0.6) is 0 Å². The molecule has 0 spiro atoms. The molecule has 7 heteroatoms. The summed E-state index contributed by atoms with van der Waals surface area (Å²) in [5.74, 6) is 0.881. The van der Waals surface area contributed by atoms with E-state index >= 15 is 0 Å². The summed E-state index contributed by atoms with van der Waals surface area (Å²) in [5, 5.41) is 0.315. The fraction of sp³-hybridized carbons (Fsp3) is 0.750. The van der Waals surface area contributed by atoms with Crippen molar-refractivity contribution < 1.29 is 8.42 Å². The van der Waals surface area contributed by atoms with Crippen LogP contribution in [0.15, 0.2) is 11.2 Å². The number of aryl methyl sites for hydroxylation is 1. The van der Waals surface area contributed by atoms with Crippen molar-refractivity contribution in [3.05, 3.63) is 12.0 Å². The topological polar surface area (TPSA) is 90.0 Å². The highest BCUT2D eigenvalue weighted by Crippen LogP contribution is 2.22. The van der Waals surface area contributed by atoms with Crippen LogP contribution in [-0.2, 0) is 23.0 Å². The van der Waals surface area contributed by atoms with E-state index in [2.05, 4.69) is 9.71 Å². The number of rotatable bonds is 3. The van der Waals surface area contributed by atoms with Crippen molar-refractivity contribution in [3.63, 3.8) is 0 Å². The van der Waals surface area contributed by atoms with E-state index in [9.17, 15) is 8.42 Å². The lowest BCUT2D eigenvalue weighted by Crippen LogP contribution is -2.40. The average Bonchev–Trinajstić information content (AvgIpc) is 2.93. The van der Waals surface area contributed by atoms with Crippen molar-refractivity contribution in [3.8, 4) is 0 Å². The smallest absolute Gasteiger partial charge is 0.258 e. The highest BCUT2D eigenvalue weighted by Gasteiger charge is 2.28. The zero-order valence-corrected chi connectivity index (χ0v) is 11.7. The molecule has 1 aromatic rings. The first-order chi connectivity index (χ1) is 9.06. The van der Waals surface area contributed by atoms with Gasteiger partial charge in [-0.2, -0.15) is 0 Å². The van der Waals surface area contributed by atoms with E-state index in [1.54, 1.807) is 0 Å². The summed E-state index contributed by atoms with van der Waals surface area (Å²) in [5.41, 5.74) is 5.84. The van der Waals surface area contributed by atoms with Crippen LogP contribution < -0.4 is 10.5 Å². The molecule has 106 valence electrons. The summed E-state index contributed by atoms with van der Waals surface area (Å²) in [6.07, 6.45) is 6.74. The van der Waals surface area contributed by atoms with E-state index in [1.165, 1.54) is 6.20 Å². The van der Waals surface area contributed by atoms with Crippen LogP contribution in [0.3, 0.4) is 0 Å². The van der Waals surface area contributed by atoms with Gasteiger partial charge in [-0.15, -0.1) is 0 Å². The number of aromatic nitrogens is 2. The van der Waals surface area contributed by atoms with E-state index in [-0.39, 0.29) is 12.1 Å². The molecule has 2 heterocycles. The Morgan fingerprint density at radius 1 is 1.32 bits per heavy atom. The van der Waals surface area contributed by atoms with Crippen molar-refractivity contribution >= 4 is 10.0 Å². The van der Waals surface area contributed by atoms with E-state index < -0.39 is 10.0 Å². The van der Waals surface area contributed by atoms with Crippen LogP contribution in [0.1, 0.15) is 37.9 Å². The molecule has 1 aliphatic carbocycles. The normalized spacial score (nSPS) is 27.4. The van der Waals surface area contributed by atoms with Crippen molar-refractivity contribution in [1.82, 2.24) is 14.3 Å². The molecule has 1 aliphatic heterocycles. The van der Waals surface area contributed by atoms with Gasteiger partial charge in [0.2, 0.25) is 0 Å². The Morgan fingerprint density at radius 3 is 2.79 bits per heavy atom. The maximum absolute atomic E-state index is 12.4. The fourth-order valence-corrected chi connectivity index (χ4v) is 4.44. The molecule has 1 fully saturated rings. The lowest BCUT2D eigenvalue weighted by molar-refractivity contribution is 0.373. The number of nitrogens with one attached hydrogen (secondary N) is 1. The van der Waals surface area contributed by atoms with Gasteiger partial charge < -0.3 is 10.3 Å². The predicted octanol–water partition coefficient (Wildman–Crippen LogP) is 0.377. The molecular formula is C12H20N4O2S. The molecule has 0 amide bonds. The van der Waals surface area contributed by atoms with E-state index in [4.69, 9.17) is 5.73 Å². The molecule has 1 saturated carbocycles. The molecule has 0 unspecified atom stereocenters. The Labute approximate surface area is 113 Å². The van der Waals surface area contributed by atoms with Gasteiger partial charge in [0.1, 0.15) is 5.82 Å². The Bertz CT molecular complexity index is 558. The van der Waals surface area contributed by atoms with Crippen molar-refractivity contribution in [2.75, 3.05) is 0 Å². The molecular weight excluding hydrogens is 264 g/mol. The zero-order valence-electron chi connectivity index (χ0n) is 10.9. The van der Waals surface area contributed by atoms with Gasteiger partial charge in [0, 0.05) is 25.0 Å². The summed E-state index contributed by atoms with van der Waals surface area (Å²) in [6.45, 7) is 0.751. The molecule has 0 saturated heterocycles. The summed E-state index contributed by atoms with van der Waals surface area (Å²) >= 11 is 0. The van der Waals surface area contributed by atoms with Gasteiger partial charge in [-0.1, -0.05) is 0 Å². The Morgan fingerprint density at radius 2 is 2.05 bits per heavy atom. The summed E-state index contributed by atoms with van der Waals surface area (Å²) < 4.78 is 29.4. The molecule has 0 atom stereocenters. The van der Waals surface area contributed by atoms with Crippen molar-refractivity contribution in [1.29, 1.82) is 0 Å². The number of hydrogen-bond donors (Lipinski definition) is 2. The largest absolute Gasteiger partial charge is 0.328 e. The van der Waals surface area contributed by atoms with Gasteiger partial charge in [-0.25, -0.2) is 18.1 Å². The lowest BCUT2D eigenvalue weighted by atomic mass is 9.93. The molecule has 0 bridgehead atoms. The maximum atomic E-state index is 12.4. The van der Waals surface area contributed by atoms with Crippen LogP contribution in [0, 0.1) is 0 Å². The third-order valence-corrected chi connectivity index (χ3v) is 5.57. The van der Waals surface area contributed by atoms with Gasteiger partial charge in [0.05, 0.1) is 6.20 Å². The first-order valence-corrected chi connectivity index (χ1v) is 8.37. The maximum Gasteiger partial charge on any atom is 0.258 e. The third-order valence-electron chi connectivity index (χ3n) is 4.05. The molecule has 6 nitrogen and oxygen atoms in total. The standard InChI is InChI=1S/C12H20N4O2S/c13-9-3-5-10(6-4-9)15-19(17,18)12-8-14-11-2-1-7-16(11)12/h8-10,15H,1-7,13H2. The summed E-state index contributed by atoms with van der Waals surface area (Å²) in [7, 11) is -3.45. The van der Waals surface area contributed by atoms with Crippen LogP contribution in [0.2, 0.25) is 0 Å². The molecule has 3 N–H and O–H groups in total. The van der Waals surface area contributed by atoms with Gasteiger partial charge in [0.15, 0.2) is 5.03 Å². The Balaban J connectivity index is 1.75. The number of imidazole rings is 1. The molecule has 2 aliphatic rings. The number of hydrogen-bond acceptors (Lipinski definition) is 4. The molecule has 1 aromatic heterocycles. The second-order valence-electron chi connectivity index (χ2n) is 5.50. The first-order valence-electron chi connectivity index (χ1n) is 6.88. The number of sulfonamides is 1. The van der Waals surface area contributed by atoms with E-state index in [0.717, 1.165) is 50.9 Å². The molecule has 19 heavy (non-hydrogen) atoms. The van der Waals surface area contributed by atoms with E-state index in [0.29, 0.717) is 5.03 Å². The first kappa shape index (κ1) is 13.1. The minimum absolute atomic E-state index is 0.0114. The Kier molecular flexibility index (Phi) is 3.36. The SMILES string of the molecule is NC1CCC(NS(=O)(=O)c2cnc3n2CCC3)CC1. The van der Waals surface area contributed by atoms with Gasteiger partial charge >= 0.3 is 0 Å². The highest BCUT2D eigenvalue weighted by atomic mass is 32.2. The van der Waals surface area contributed by atoms with Crippen molar-refractivity contribution in [2.24, 2.45) is 5.73 Å². The van der Waals surface area contributed by atoms with E-state index in [1.807, 2.05) is 4.57 Å². The minimum Gasteiger partial charge on any atom is -0.328 e. The number of nitrogens with two attached hydrogens (primary N) is 1. The lowest BCUT2D eigenvalue weighted by Gasteiger charge is -2.26. The van der Waals surface area contributed by atoms with Crippen LogP contribution in [0.4, 0.5) is 0 Å². The second kappa shape index (κ2) is 4.88. The van der Waals surface area contributed by atoms with Crippen LogP contribution in [-0.4, -0.2) is 30.1 Å². The van der Waals surface area contributed by atoms with Gasteiger partial charge in [-0.3, -0.25) is 0 Å². The summed E-state index contributed by atoms with van der Waals surface area (Å²) in [6, 6.07) is 0.234. The second-order valence-corrected chi connectivity index (χ2v) is 7.16. The van der Waals surface area contributed by atoms with Gasteiger partial charge in [0.25, 0.3) is 10.0 Å². The van der Waals surface area contributed by atoms with Crippen LogP contribution in [0.25, 0.3) is 0 Å². The summed E-state index contributed by atoms with van der Waals surface area (Å²) in [4.78, 5) is 4.19. The van der Waals surface area contributed by atoms with Crippen LogP contribution >= 0.6 is 0 Å². The van der Waals surface area contributed by atoms with Crippen molar-refractivity contribution in [2.45, 2.75) is 62.2 Å². The quantitative estimate of drug-likeness (QED) is 0.839. The predicted molar refractivity (Wildman–Crippen MR) is 71.1 cm³/mol. The average molecular weight is 284 g/mol. The molecule has 0 radical (unpaired) electrons. The minimum atomic E-state index is -3.45. The fourth-order valence-electron chi connectivity index (χ4n) is 2.96. The monoisotopic (exact) mass is 284 g/mol. The number of nitrogens with zero attached hydrogens (tertiary/aromatic N) is 2. The third kappa shape index (κ3) is 2.54. The highest BCUT2D eigenvalue weighted by molar-refractivity contribution is 7.89. The molecule has 3 rings (SSSR count).